The van der Waals surface area contributed by atoms with E-state index in [0.29, 0.717) is 22.2 Å². The summed E-state index contributed by atoms with van der Waals surface area (Å²) in [5.74, 6) is 3.53. The smallest absolute Gasteiger partial charge is 0.311 e. The van der Waals surface area contributed by atoms with E-state index in [1.54, 1.807) is 7.11 Å². The minimum atomic E-state index is -0.239. The summed E-state index contributed by atoms with van der Waals surface area (Å²) in [6, 6.07) is 0. The van der Waals surface area contributed by atoms with E-state index in [4.69, 9.17) is 4.74 Å². The van der Waals surface area contributed by atoms with E-state index in [0.717, 1.165) is 24.2 Å². The summed E-state index contributed by atoms with van der Waals surface area (Å²) in [7, 11) is 1.58. The number of ether oxygens (including phenoxy) is 1. The second-order valence-electron chi connectivity index (χ2n) is 10.6. The third-order valence-corrected chi connectivity index (χ3v) is 10.0. The van der Waals surface area contributed by atoms with Gasteiger partial charge in [-0.15, -0.1) is 0 Å². The van der Waals surface area contributed by atoms with E-state index in [1.165, 1.54) is 44.9 Å². The first-order chi connectivity index (χ1) is 10.8. The van der Waals surface area contributed by atoms with Crippen LogP contribution in [-0.4, -0.2) is 13.1 Å². The van der Waals surface area contributed by atoms with Crippen LogP contribution in [0.2, 0.25) is 0 Å². The molecule has 0 aromatic carbocycles. The van der Waals surface area contributed by atoms with Crippen molar-refractivity contribution in [1.82, 2.24) is 0 Å². The summed E-state index contributed by atoms with van der Waals surface area (Å²) in [4.78, 5) is 12.6. The number of methoxy groups -OCH3 is 1. The molecule has 6 rings (SSSR count). The van der Waals surface area contributed by atoms with Gasteiger partial charge in [-0.1, -0.05) is 20.3 Å². The second-order valence-corrected chi connectivity index (χ2v) is 10.6. The first-order valence-electron chi connectivity index (χ1n) is 9.89. The lowest BCUT2D eigenvalue weighted by atomic mass is 9.39. The summed E-state index contributed by atoms with van der Waals surface area (Å²) in [5.41, 5.74) is 1.47. The summed E-state index contributed by atoms with van der Waals surface area (Å²) in [6.07, 6.45) is 10.7. The van der Waals surface area contributed by atoms with Crippen molar-refractivity contribution in [3.8, 4) is 0 Å². The Morgan fingerprint density at radius 3 is 2.43 bits per heavy atom. The molecule has 0 amide bonds. The Bertz CT molecular complexity index is 584. The van der Waals surface area contributed by atoms with Gasteiger partial charge in [-0.25, -0.2) is 0 Å². The maximum atomic E-state index is 12.6. The second kappa shape index (κ2) is 3.99. The maximum absolute atomic E-state index is 12.6. The molecule has 0 N–H and O–H groups in total. The van der Waals surface area contributed by atoms with Crippen LogP contribution in [0.25, 0.3) is 0 Å². The van der Waals surface area contributed by atoms with Gasteiger partial charge in [-0.2, -0.15) is 0 Å². The van der Waals surface area contributed by atoms with Gasteiger partial charge in [-0.3, -0.25) is 4.79 Å². The number of hydrogen-bond donors (Lipinski definition) is 0. The van der Waals surface area contributed by atoms with Crippen molar-refractivity contribution >= 4 is 5.97 Å². The van der Waals surface area contributed by atoms with Crippen LogP contribution in [0.15, 0.2) is 0 Å². The summed E-state index contributed by atoms with van der Waals surface area (Å²) in [5, 5.41) is 0. The SMILES string of the molecule is COC(=O)[C@]1(C)CCC[C@@]2(C)[C@@H]3C[C@H]4C5C[C@@]3(CC[C@@H]21)C[C@]54C. The molecule has 2 heteroatoms. The van der Waals surface area contributed by atoms with Crippen LogP contribution in [0.3, 0.4) is 0 Å². The van der Waals surface area contributed by atoms with E-state index in [1.807, 2.05) is 0 Å². The zero-order valence-electron chi connectivity index (χ0n) is 15.3. The molecule has 23 heavy (non-hydrogen) atoms. The van der Waals surface area contributed by atoms with E-state index >= 15 is 0 Å². The predicted molar refractivity (Wildman–Crippen MR) is 89.7 cm³/mol. The summed E-state index contributed by atoms with van der Waals surface area (Å²) in [6.45, 7) is 7.34. The van der Waals surface area contributed by atoms with Crippen molar-refractivity contribution in [2.45, 2.75) is 72.1 Å². The highest BCUT2D eigenvalue weighted by Crippen LogP contribution is 2.85. The van der Waals surface area contributed by atoms with Gasteiger partial charge in [0.2, 0.25) is 0 Å². The summed E-state index contributed by atoms with van der Waals surface area (Å²) >= 11 is 0. The van der Waals surface area contributed by atoms with E-state index in [-0.39, 0.29) is 11.4 Å². The zero-order chi connectivity index (χ0) is 16.3. The Balaban J connectivity index is 1.54. The van der Waals surface area contributed by atoms with Crippen molar-refractivity contribution in [2.24, 2.45) is 45.3 Å². The normalized spacial score (nSPS) is 62.3. The van der Waals surface area contributed by atoms with Gasteiger partial charge in [0.25, 0.3) is 0 Å². The molecule has 128 valence electrons. The maximum Gasteiger partial charge on any atom is 0.311 e. The lowest BCUT2D eigenvalue weighted by Crippen LogP contribution is -2.59. The molecule has 6 saturated carbocycles. The van der Waals surface area contributed by atoms with Crippen molar-refractivity contribution in [1.29, 1.82) is 0 Å². The predicted octanol–water partition coefficient (Wildman–Crippen LogP) is 4.82. The average molecular weight is 316 g/mol. The van der Waals surface area contributed by atoms with Crippen molar-refractivity contribution in [3.05, 3.63) is 0 Å². The first kappa shape index (κ1) is 14.8. The lowest BCUT2D eigenvalue weighted by Gasteiger charge is -2.65. The first-order valence-corrected chi connectivity index (χ1v) is 9.89. The Morgan fingerprint density at radius 1 is 1.00 bits per heavy atom. The number of carbonyl (C=O) groups excluding carboxylic acids is 1. The molecule has 0 aromatic heterocycles. The van der Waals surface area contributed by atoms with Crippen LogP contribution in [0.1, 0.15) is 72.1 Å². The minimum Gasteiger partial charge on any atom is -0.469 e. The van der Waals surface area contributed by atoms with Gasteiger partial charge in [0, 0.05) is 0 Å². The van der Waals surface area contributed by atoms with E-state index in [2.05, 4.69) is 20.8 Å². The van der Waals surface area contributed by atoms with Gasteiger partial charge in [0.05, 0.1) is 12.5 Å². The van der Waals surface area contributed by atoms with Crippen molar-refractivity contribution < 1.29 is 9.53 Å². The minimum absolute atomic E-state index is 0.0583. The van der Waals surface area contributed by atoms with Crippen LogP contribution in [0, 0.1) is 45.3 Å². The van der Waals surface area contributed by atoms with Gasteiger partial charge in [-0.05, 0) is 91.8 Å². The molecule has 6 aliphatic rings. The monoisotopic (exact) mass is 316 g/mol. The van der Waals surface area contributed by atoms with Crippen molar-refractivity contribution in [3.63, 3.8) is 0 Å². The highest BCUT2D eigenvalue weighted by Gasteiger charge is 2.78. The fourth-order valence-corrected chi connectivity index (χ4v) is 9.09. The van der Waals surface area contributed by atoms with Crippen molar-refractivity contribution in [2.75, 3.05) is 7.11 Å². The fraction of sp³-hybridized carbons (Fsp3) is 0.952. The molecule has 1 unspecified atom stereocenters. The zero-order valence-corrected chi connectivity index (χ0v) is 15.3. The molecule has 0 radical (unpaired) electrons. The number of carbonyl (C=O) groups is 1. The average Bonchev–Trinajstić information content (AvgIpc) is 2.97. The number of esters is 1. The Morgan fingerprint density at radius 2 is 1.78 bits per heavy atom. The van der Waals surface area contributed by atoms with E-state index < -0.39 is 0 Å². The Kier molecular flexibility index (Phi) is 2.57. The highest BCUT2D eigenvalue weighted by atomic mass is 16.5. The quantitative estimate of drug-likeness (QED) is 0.648. The van der Waals surface area contributed by atoms with E-state index in [9.17, 15) is 4.79 Å². The van der Waals surface area contributed by atoms with Gasteiger partial charge < -0.3 is 4.74 Å². The molecule has 1 spiro atoms. The molecule has 0 saturated heterocycles. The van der Waals surface area contributed by atoms with Crippen LogP contribution in [-0.2, 0) is 9.53 Å². The third-order valence-electron chi connectivity index (χ3n) is 10.0. The fourth-order valence-electron chi connectivity index (χ4n) is 9.09. The standard InChI is InChI=1S/C21H32O2/c1-18-7-5-8-19(2,17(22)23-4)15(18)6-9-21-11-14-13(10-16(18)21)20(14,3)12-21/h13-16H,5-12H2,1-4H3/t13-,14?,15-,16-,18+,19+,20-,21-/m0/s1. The molecule has 6 fully saturated rings. The number of fused-ring (bicyclic) bond motifs is 1. The summed E-state index contributed by atoms with van der Waals surface area (Å²) < 4.78 is 5.26. The lowest BCUT2D eigenvalue weighted by molar-refractivity contribution is -0.189. The number of rotatable bonds is 1. The molecule has 8 atom stereocenters. The molecule has 0 aromatic rings. The van der Waals surface area contributed by atoms with Gasteiger partial charge >= 0.3 is 5.97 Å². The third kappa shape index (κ3) is 1.47. The highest BCUT2D eigenvalue weighted by molar-refractivity contribution is 5.77. The number of hydrogen-bond acceptors (Lipinski definition) is 2. The van der Waals surface area contributed by atoms with Crippen LogP contribution < -0.4 is 0 Å². The molecule has 6 aliphatic carbocycles. The molecular formula is C21H32O2. The van der Waals surface area contributed by atoms with Gasteiger partial charge in [0.1, 0.15) is 0 Å². The molecule has 0 heterocycles. The Hall–Kier alpha value is -0.530. The topological polar surface area (TPSA) is 26.3 Å². The van der Waals surface area contributed by atoms with Crippen LogP contribution >= 0.6 is 0 Å². The largest absolute Gasteiger partial charge is 0.469 e. The molecule has 0 aliphatic heterocycles. The van der Waals surface area contributed by atoms with Gasteiger partial charge in [0.15, 0.2) is 0 Å². The molecule has 4 bridgehead atoms. The Labute approximate surface area is 140 Å². The molecular weight excluding hydrogens is 284 g/mol. The molecule has 2 nitrogen and oxygen atoms in total. The van der Waals surface area contributed by atoms with Crippen LogP contribution in [0.4, 0.5) is 0 Å². The van der Waals surface area contributed by atoms with Crippen LogP contribution in [0.5, 0.6) is 0 Å².